The molecular weight excluding hydrogens is 242 g/mol. The van der Waals surface area contributed by atoms with E-state index in [2.05, 4.69) is 20.6 Å². The molecule has 0 saturated heterocycles. The Bertz CT molecular complexity index is 453. The summed E-state index contributed by atoms with van der Waals surface area (Å²) in [6.45, 7) is 1.95. The second-order valence-corrected chi connectivity index (χ2v) is 5.48. The smallest absolute Gasteiger partial charge is 0.174 e. The van der Waals surface area contributed by atoms with Gasteiger partial charge in [-0.25, -0.2) is 10.8 Å². The second-order valence-electron chi connectivity index (χ2n) is 3.07. The van der Waals surface area contributed by atoms with E-state index in [1.807, 2.05) is 19.1 Å². The number of rotatable bonds is 4. The maximum atomic E-state index is 5.23. The minimum Gasteiger partial charge on any atom is -0.308 e. The number of anilines is 1. The molecule has 0 unspecified atom stereocenters. The van der Waals surface area contributed by atoms with E-state index in [1.54, 1.807) is 29.3 Å². The van der Waals surface area contributed by atoms with Crippen LogP contribution in [0.3, 0.4) is 0 Å². The first-order valence-electron chi connectivity index (χ1n) is 4.62. The van der Waals surface area contributed by atoms with E-state index in [-0.39, 0.29) is 0 Å². The van der Waals surface area contributed by atoms with Crippen molar-refractivity contribution in [1.82, 2.24) is 15.2 Å². The number of nitrogen functional groups attached to an aromatic ring is 1. The van der Waals surface area contributed by atoms with Crippen LogP contribution in [0.5, 0.6) is 0 Å². The lowest BCUT2D eigenvalue weighted by Gasteiger charge is -2.00. The number of aromatic nitrogens is 3. The molecule has 2 aromatic rings. The maximum absolute atomic E-state index is 5.23. The average molecular weight is 253 g/mol. The molecule has 0 atom stereocenters. The number of aryl methyl sites for hydroxylation is 1. The van der Waals surface area contributed by atoms with Crippen LogP contribution in [0.1, 0.15) is 10.6 Å². The van der Waals surface area contributed by atoms with Gasteiger partial charge in [-0.15, -0.1) is 10.2 Å². The molecule has 0 bridgehead atoms. The fraction of sp³-hybridized carbons (Fsp3) is 0.222. The second kappa shape index (κ2) is 5.24. The van der Waals surface area contributed by atoms with Gasteiger partial charge in [-0.3, -0.25) is 0 Å². The van der Waals surface area contributed by atoms with Gasteiger partial charge in [-0.2, -0.15) is 0 Å². The summed E-state index contributed by atoms with van der Waals surface area (Å²) in [5.74, 6) is 6.74. The minimum atomic E-state index is 0.667. The molecule has 2 heterocycles. The van der Waals surface area contributed by atoms with Crippen LogP contribution in [0, 0.1) is 6.92 Å². The Morgan fingerprint density at radius 3 is 2.88 bits per heavy atom. The number of hydrazine groups is 1. The Morgan fingerprint density at radius 1 is 1.44 bits per heavy atom. The van der Waals surface area contributed by atoms with E-state index in [9.17, 15) is 0 Å². The Kier molecular flexibility index (Phi) is 3.70. The van der Waals surface area contributed by atoms with Gasteiger partial charge in [-0.1, -0.05) is 29.2 Å². The minimum absolute atomic E-state index is 0.667. The molecule has 0 radical (unpaired) electrons. The normalized spacial score (nSPS) is 10.4. The van der Waals surface area contributed by atoms with Gasteiger partial charge in [-0.05, 0) is 18.6 Å². The number of nitrogens with zero attached hydrogens (tertiary/aromatic N) is 3. The molecule has 0 amide bonds. The quantitative estimate of drug-likeness (QED) is 0.492. The summed E-state index contributed by atoms with van der Waals surface area (Å²) in [6, 6.07) is 3.84. The van der Waals surface area contributed by atoms with Gasteiger partial charge >= 0.3 is 0 Å². The van der Waals surface area contributed by atoms with Crippen molar-refractivity contribution >= 4 is 28.9 Å². The SMILES string of the molecule is Cc1nnc(SCc2ccc(NN)nc2)s1. The molecule has 3 N–H and O–H groups in total. The summed E-state index contributed by atoms with van der Waals surface area (Å²) in [6.07, 6.45) is 1.80. The van der Waals surface area contributed by atoms with Gasteiger partial charge in [0, 0.05) is 11.9 Å². The molecule has 0 saturated carbocycles. The van der Waals surface area contributed by atoms with E-state index in [0.717, 1.165) is 20.7 Å². The van der Waals surface area contributed by atoms with Crippen molar-refractivity contribution in [3.05, 3.63) is 28.9 Å². The monoisotopic (exact) mass is 253 g/mol. The van der Waals surface area contributed by atoms with Crippen molar-refractivity contribution in [2.45, 2.75) is 17.0 Å². The highest BCUT2D eigenvalue weighted by molar-refractivity contribution is 8.00. The number of hydrogen-bond donors (Lipinski definition) is 2. The molecule has 2 aromatic heterocycles. The molecule has 7 heteroatoms. The number of hydrogen-bond acceptors (Lipinski definition) is 7. The summed E-state index contributed by atoms with van der Waals surface area (Å²) in [4.78, 5) is 4.13. The van der Waals surface area contributed by atoms with Gasteiger partial charge in [0.25, 0.3) is 0 Å². The molecule has 16 heavy (non-hydrogen) atoms. The van der Waals surface area contributed by atoms with E-state index in [0.29, 0.717) is 5.82 Å². The molecule has 0 aromatic carbocycles. The van der Waals surface area contributed by atoms with Crippen LogP contribution in [0.15, 0.2) is 22.7 Å². The first-order valence-corrected chi connectivity index (χ1v) is 6.42. The Balaban J connectivity index is 1.94. The van der Waals surface area contributed by atoms with Gasteiger partial charge in [0.1, 0.15) is 10.8 Å². The summed E-state index contributed by atoms with van der Waals surface area (Å²) < 4.78 is 0.985. The highest BCUT2D eigenvalue weighted by Gasteiger charge is 2.02. The van der Waals surface area contributed by atoms with Gasteiger partial charge < -0.3 is 5.43 Å². The molecule has 0 aliphatic heterocycles. The third-order valence-electron chi connectivity index (χ3n) is 1.84. The summed E-state index contributed by atoms with van der Waals surface area (Å²) in [5.41, 5.74) is 3.63. The first-order chi connectivity index (χ1) is 7.78. The molecule has 0 aliphatic carbocycles. The zero-order chi connectivity index (χ0) is 11.4. The highest BCUT2D eigenvalue weighted by Crippen LogP contribution is 2.25. The van der Waals surface area contributed by atoms with E-state index in [1.165, 1.54) is 0 Å². The highest BCUT2D eigenvalue weighted by atomic mass is 32.2. The van der Waals surface area contributed by atoms with Crippen molar-refractivity contribution in [1.29, 1.82) is 0 Å². The molecular formula is C9H11N5S2. The van der Waals surface area contributed by atoms with Crippen LogP contribution in [0.2, 0.25) is 0 Å². The Labute approximate surface area is 101 Å². The van der Waals surface area contributed by atoms with E-state index >= 15 is 0 Å². The van der Waals surface area contributed by atoms with Crippen molar-refractivity contribution in [3.8, 4) is 0 Å². The zero-order valence-electron chi connectivity index (χ0n) is 8.67. The topological polar surface area (TPSA) is 76.7 Å². The van der Waals surface area contributed by atoms with Crippen LogP contribution in [-0.2, 0) is 5.75 Å². The third-order valence-corrected chi connectivity index (χ3v) is 3.89. The third kappa shape index (κ3) is 2.91. The lowest BCUT2D eigenvalue weighted by atomic mass is 10.3. The van der Waals surface area contributed by atoms with Crippen LogP contribution in [-0.4, -0.2) is 15.2 Å². The molecule has 0 spiro atoms. The summed E-state index contributed by atoms with van der Waals surface area (Å²) in [5, 5.41) is 8.99. The fourth-order valence-corrected chi connectivity index (χ4v) is 2.83. The van der Waals surface area contributed by atoms with Gasteiger partial charge in [0.05, 0.1) is 0 Å². The van der Waals surface area contributed by atoms with Crippen LogP contribution in [0.4, 0.5) is 5.82 Å². The van der Waals surface area contributed by atoms with Crippen molar-refractivity contribution < 1.29 is 0 Å². The van der Waals surface area contributed by atoms with Gasteiger partial charge in [0.2, 0.25) is 0 Å². The zero-order valence-corrected chi connectivity index (χ0v) is 10.3. The predicted molar refractivity (Wildman–Crippen MR) is 66.3 cm³/mol. The Morgan fingerprint density at radius 2 is 2.31 bits per heavy atom. The fourth-order valence-electron chi connectivity index (χ4n) is 1.08. The molecule has 0 fully saturated rings. The summed E-state index contributed by atoms with van der Waals surface area (Å²) >= 11 is 3.26. The molecule has 5 nitrogen and oxygen atoms in total. The van der Waals surface area contributed by atoms with E-state index in [4.69, 9.17) is 5.84 Å². The number of nitrogens with two attached hydrogens (primary N) is 1. The first kappa shape index (κ1) is 11.3. The molecule has 0 aliphatic rings. The van der Waals surface area contributed by atoms with Gasteiger partial charge in [0.15, 0.2) is 4.34 Å². The largest absolute Gasteiger partial charge is 0.308 e. The lowest BCUT2D eigenvalue weighted by molar-refractivity contribution is 0.983. The van der Waals surface area contributed by atoms with Crippen molar-refractivity contribution in [2.24, 2.45) is 5.84 Å². The van der Waals surface area contributed by atoms with E-state index < -0.39 is 0 Å². The number of nitrogens with one attached hydrogen (secondary N) is 1. The molecule has 2 rings (SSSR count). The average Bonchev–Trinajstić information content (AvgIpc) is 2.73. The maximum Gasteiger partial charge on any atom is 0.174 e. The van der Waals surface area contributed by atoms with Crippen molar-refractivity contribution in [3.63, 3.8) is 0 Å². The number of pyridine rings is 1. The molecule has 84 valence electrons. The predicted octanol–water partition coefficient (Wildman–Crippen LogP) is 1.82. The Hall–Kier alpha value is -1.18. The number of thioether (sulfide) groups is 1. The van der Waals surface area contributed by atoms with Crippen molar-refractivity contribution in [2.75, 3.05) is 5.43 Å². The standard InChI is InChI=1S/C9H11N5S2/c1-6-13-14-9(16-6)15-5-7-2-3-8(12-10)11-4-7/h2-4H,5,10H2,1H3,(H,11,12). The lowest BCUT2D eigenvalue weighted by Crippen LogP contribution is -2.08. The van der Waals surface area contributed by atoms with Crippen LogP contribution >= 0.6 is 23.1 Å². The van der Waals surface area contributed by atoms with Crippen LogP contribution < -0.4 is 11.3 Å². The summed E-state index contributed by atoms with van der Waals surface area (Å²) in [7, 11) is 0. The van der Waals surface area contributed by atoms with Crippen LogP contribution in [0.25, 0.3) is 0 Å².